The fourth-order valence-corrected chi connectivity index (χ4v) is 5.77. The van der Waals surface area contributed by atoms with Gasteiger partial charge in [0, 0.05) is 33.9 Å². The number of alkyl carbamates (subject to hydrolysis) is 1. The Labute approximate surface area is 223 Å². The monoisotopic (exact) mass is 572 g/mol. The van der Waals surface area contributed by atoms with Crippen molar-refractivity contribution in [3.05, 3.63) is 69.9 Å². The molecule has 0 aliphatic carbocycles. The molecule has 0 bridgehead atoms. The molecule has 0 saturated carbocycles. The number of amides is 1. The molecule has 1 amide bonds. The van der Waals surface area contributed by atoms with Gasteiger partial charge in [0.2, 0.25) is 0 Å². The summed E-state index contributed by atoms with van der Waals surface area (Å²) in [6.45, 7) is 4.54. The van der Waals surface area contributed by atoms with Crippen molar-refractivity contribution in [3.8, 4) is 0 Å². The van der Waals surface area contributed by atoms with E-state index in [1.807, 2.05) is 42.7 Å². The number of ether oxygens (including phenoxy) is 1. The van der Waals surface area contributed by atoms with E-state index in [4.69, 9.17) is 42.7 Å². The van der Waals surface area contributed by atoms with E-state index < -0.39 is 13.7 Å². The number of nitrogens with one attached hydrogen (secondary N) is 1. The quantitative estimate of drug-likeness (QED) is 0.197. The van der Waals surface area contributed by atoms with Crippen LogP contribution >= 0.6 is 42.6 Å². The lowest BCUT2D eigenvalue weighted by Crippen LogP contribution is -2.26. The number of pyridine rings is 1. The molecular formula is C23H27Cl2N4O5PS. The predicted molar refractivity (Wildman–Crippen MR) is 140 cm³/mol. The van der Waals surface area contributed by atoms with Crippen molar-refractivity contribution in [1.82, 2.24) is 19.9 Å². The van der Waals surface area contributed by atoms with E-state index in [2.05, 4.69) is 10.3 Å². The van der Waals surface area contributed by atoms with Gasteiger partial charge >= 0.3 is 13.7 Å². The highest BCUT2D eigenvalue weighted by Gasteiger charge is 2.22. The standard InChI is InChI=1S/C23H27Cl2N4O5PS/c1-15(2)21-22(36-19-11-17(24)10-18(25)12-19)29(13-16-4-7-26-8-5-16)20(28-21)14-34-23(30)27-6-3-9-35(31,32)33/h4-5,7-8,10-12,15H,3,6,9,13-14H2,1-2H3,(H,27,30)(H2,31,32,33). The normalized spacial score (nSPS) is 11.6. The first-order valence-electron chi connectivity index (χ1n) is 11.1. The lowest BCUT2D eigenvalue weighted by Gasteiger charge is -2.14. The second-order valence-corrected chi connectivity index (χ2v) is 12.0. The number of carbonyl (C=O) groups excluding carboxylic acids is 1. The Morgan fingerprint density at radius 2 is 1.86 bits per heavy atom. The number of hydrogen-bond acceptors (Lipinski definition) is 6. The zero-order valence-electron chi connectivity index (χ0n) is 19.7. The first-order chi connectivity index (χ1) is 17.0. The molecule has 0 aliphatic heterocycles. The van der Waals surface area contributed by atoms with Crippen LogP contribution in [0.4, 0.5) is 4.79 Å². The van der Waals surface area contributed by atoms with Gasteiger partial charge in [-0.15, -0.1) is 0 Å². The molecule has 3 N–H and O–H groups in total. The van der Waals surface area contributed by atoms with E-state index in [0.717, 1.165) is 21.2 Å². The van der Waals surface area contributed by atoms with Gasteiger partial charge in [-0.05, 0) is 48.2 Å². The predicted octanol–water partition coefficient (Wildman–Crippen LogP) is 5.70. The highest BCUT2D eigenvalue weighted by molar-refractivity contribution is 7.99. The van der Waals surface area contributed by atoms with Crippen molar-refractivity contribution in [2.24, 2.45) is 0 Å². The zero-order chi connectivity index (χ0) is 26.3. The molecule has 9 nitrogen and oxygen atoms in total. The van der Waals surface area contributed by atoms with Crippen LogP contribution in [-0.4, -0.2) is 43.1 Å². The van der Waals surface area contributed by atoms with Crippen LogP contribution in [0, 0.1) is 0 Å². The number of hydrogen-bond donors (Lipinski definition) is 3. The molecule has 0 aliphatic rings. The van der Waals surface area contributed by atoms with Gasteiger partial charge in [-0.1, -0.05) is 48.8 Å². The number of rotatable bonds is 11. The van der Waals surface area contributed by atoms with E-state index in [-0.39, 0.29) is 31.7 Å². The van der Waals surface area contributed by atoms with Gasteiger partial charge < -0.3 is 24.4 Å². The molecule has 2 heterocycles. The molecule has 0 fully saturated rings. The Kier molecular flexibility index (Phi) is 10.2. The average Bonchev–Trinajstić information content (AvgIpc) is 3.12. The second kappa shape index (κ2) is 12.9. The maximum absolute atomic E-state index is 12.2. The van der Waals surface area contributed by atoms with Gasteiger partial charge in [-0.2, -0.15) is 0 Å². The minimum Gasteiger partial charge on any atom is -0.441 e. The van der Waals surface area contributed by atoms with Gasteiger partial charge in [-0.25, -0.2) is 9.78 Å². The Morgan fingerprint density at radius 3 is 2.47 bits per heavy atom. The highest BCUT2D eigenvalue weighted by atomic mass is 35.5. The molecule has 194 valence electrons. The third-order valence-corrected chi connectivity index (χ3v) is 7.37. The van der Waals surface area contributed by atoms with Crippen LogP contribution in [0.15, 0.2) is 52.6 Å². The second-order valence-electron chi connectivity index (χ2n) is 8.27. The molecule has 2 aromatic heterocycles. The molecule has 0 unspecified atom stereocenters. The lowest BCUT2D eigenvalue weighted by atomic mass is 10.1. The van der Waals surface area contributed by atoms with Crippen LogP contribution in [0.5, 0.6) is 0 Å². The fourth-order valence-electron chi connectivity index (χ4n) is 3.29. The van der Waals surface area contributed by atoms with E-state index in [1.165, 1.54) is 11.8 Å². The third-order valence-electron chi connectivity index (χ3n) is 4.94. The molecule has 0 saturated heterocycles. The maximum atomic E-state index is 12.2. The number of halogens is 2. The van der Waals surface area contributed by atoms with Gasteiger partial charge in [0.1, 0.15) is 10.9 Å². The van der Waals surface area contributed by atoms with Crippen molar-refractivity contribution in [3.63, 3.8) is 0 Å². The molecule has 0 spiro atoms. The number of aromatic nitrogens is 3. The number of benzene rings is 1. The van der Waals surface area contributed by atoms with E-state index in [9.17, 15) is 9.36 Å². The average molecular weight is 573 g/mol. The summed E-state index contributed by atoms with van der Waals surface area (Å²) in [6, 6.07) is 9.12. The smallest absolute Gasteiger partial charge is 0.407 e. The minimum atomic E-state index is -4.11. The van der Waals surface area contributed by atoms with Gasteiger partial charge in [0.15, 0.2) is 6.61 Å². The maximum Gasteiger partial charge on any atom is 0.407 e. The lowest BCUT2D eigenvalue weighted by molar-refractivity contribution is 0.135. The Balaban J connectivity index is 1.85. The summed E-state index contributed by atoms with van der Waals surface area (Å²) in [4.78, 5) is 39.8. The van der Waals surface area contributed by atoms with Crippen molar-refractivity contribution in [2.45, 2.75) is 49.3 Å². The summed E-state index contributed by atoms with van der Waals surface area (Å²) in [5.74, 6) is 0.637. The molecule has 3 aromatic rings. The number of carbonyl (C=O) groups is 1. The van der Waals surface area contributed by atoms with Crippen LogP contribution in [0.1, 0.15) is 43.3 Å². The summed E-state index contributed by atoms with van der Waals surface area (Å²) in [7, 11) is -4.11. The fraction of sp³-hybridized carbons (Fsp3) is 0.348. The summed E-state index contributed by atoms with van der Waals surface area (Å²) in [5, 5.41) is 4.43. The summed E-state index contributed by atoms with van der Waals surface area (Å²) in [5.41, 5.74) is 1.83. The van der Waals surface area contributed by atoms with Gasteiger partial charge in [0.25, 0.3) is 0 Å². The van der Waals surface area contributed by atoms with Crippen molar-refractivity contribution >= 4 is 48.7 Å². The minimum absolute atomic E-state index is 0.0843. The largest absolute Gasteiger partial charge is 0.441 e. The molecule has 0 radical (unpaired) electrons. The molecule has 3 rings (SSSR count). The third kappa shape index (κ3) is 8.80. The summed E-state index contributed by atoms with van der Waals surface area (Å²) in [6.07, 6.45) is 2.55. The van der Waals surface area contributed by atoms with Crippen molar-refractivity contribution in [2.75, 3.05) is 12.7 Å². The summed E-state index contributed by atoms with van der Waals surface area (Å²) < 4.78 is 18.3. The van der Waals surface area contributed by atoms with Gasteiger partial charge in [0.05, 0.1) is 18.4 Å². The van der Waals surface area contributed by atoms with E-state index >= 15 is 0 Å². The Hall–Kier alpha value is -2.07. The van der Waals surface area contributed by atoms with Crippen LogP contribution in [-0.2, 0) is 22.5 Å². The molecule has 36 heavy (non-hydrogen) atoms. The first-order valence-corrected chi connectivity index (χ1v) is 14.5. The number of nitrogens with zero attached hydrogens (tertiary/aromatic N) is 3. The van der Waals surface area contributed by atoms with Gasteiger partial charge in [-0.3, -0.25) is 9.55 Å². The SMILES string of the molecule is CC(C)c1nc(COC(=O)NCCCP(=O)(O)O)n(Cc2ccncc2)c1Sc1cc(Cl)cc(Cl)c1. The van der Waals surface area contributed by atoms with E-state index in [1.54, 1.807) is 18.5 Å². The van der Waals surface area contributed by atoms with Crippen molar-refractivity contribution in [1.29, 1.82) is 0 Å². The Morgan fingerprint density at radius 1 is 1.19 bits per heavy atom. The number of imidazole rings is 1. The highest BCUT2D eigenvalue weighted by Crippen LogP contribution is 2.38. The molecule has 0 atom stereocenters. The summed E-state index contributed by atoms with van der Waals surface area (Å²) >= 11 is 13.9. The molecular weight excluding hydrogens is 546 g/mol. The molecule has 13 heteroatoms. The first kappa shape index (κ1) is 28.5. The zero-order valence-corrected chi connectivity index (χ0v) is 22.9. The Bertz CT molecular complexity index is 1220. The van der Waals surface area contributed by atoms with Crippen molar-refractivity contribution < 1.29 is 23.9 Å². The van der Waals surface area contributed by atoms with Crippen LogP contribution < -0.4 is 5.32 Å². The molecule has 1 aromatic carbocycles. The van der Waals surface area contributed by atoms with E-state index in [0.29, 0.717) is 22.4 Å². The van der Waals surface area contributed by atoms with Crippen LogP contribution in [0.2, 0.25) is 10.0 Å². The van der Waals surface area contributed by atoms with Crippen LogP contribution in [0.25, 0.3) is 0 Å². The van der Waals surface area contributed by atoms with Crippen LogP contribution in [0.3, 0.4) is 0 Å². The topological polar surface area (TPSA) is 127 Å².